The summed E-state index contributed by atoms with van der Waals surface area (Å²) in [6.07, 6.45) is 8.48. The third kappa shape index (κ3) is 4.09. The van der Waals surface area contributed by atoms with Gasteiger partial charge in [0.1, 0.15) is 0 Å². The summed E-state index contributed by atoms with van der Waals surface area (Å²) >= 11 is 0. The molecule has 1 N–H and O–H groups in total. The van der Waals surface area contributed by atoms with E-state index < -0.39 is 0 Å². The zero-order chi connectivity index (χ0) is 13.1. The van der Waals surface area contributed by atoms with E-state index in [1.165, 1.54) is 84.3 Å². The molecule has 0 amide bonds. The van der Waals surface area contributed by atoms with Crippen molar-refractivity contribution in [1.82, 2.24) is 15.1 Å². The first-order valence-electron chi connectivity index (χ1n) is 8.42. The van der Waals surface area contributed by atoms with Crippen LogP contribution in [0, 0.1) is 5.41 Å². The highest BCUT2D eigenvalue weighted by atomic mass is 35.5. The molecule has 0 aromatic heterocycles. The van der Waals surface area contributed by atoms with Crippen molar-refractivity contribution in [3.8, 4) is 0 Å². The van der Waals surface area contributed by atoms with Gasteiger partial charge in [0.15, 0.2) is 0 Å². The van der Waals surface area contributed by atoms with E-state index in [9.17, 15) is 0 Å². The van der Waals surface area contributed by atoms with Gasteiger partial charge in [-0.25, -0.2) is 0 Å². The van der Waals surface area contributed by atoms with Gasteiger partial charge in [0.05, 0.1) is 0 Å². The van der Waals surface area contributed by atoms with E-state index in [-0.39, 0.29) is 12.4 Å². The van der Waals surface area contributed by atoms with Gasteiger partial charge in [-0.3, -0.25) is 0 Å². The summed E-state index contributed by atoms with van der Waals surface area (Å²) in [5, 5.41) is 3.54. The number of hydrogen-bond donors (Lipinski definition) is 1. The number of nitrogens with zero attached hydrogens (tertiary/aromatic N) is 2. The second kappa shape index (κ2) is 7.44. The Bertz CT molecular complexity index is 285. The highest BCUT2D eigenvalue weighted by Crippen LogP contribution is 2.28. The van der Waals surface area contributed by atoms with Gasteiger partial charge in [0.2, 0.25) is 0 Å². The van der Waals surface area contributed by atoms with Crippen LogP contribution in [-0.2, 0) is 0 Å². The Morgan fingerprint density at radius 3 is 2.55 bits per heavy atom. The van der Waals surface area contributed by atoms with Gasteiger partial charge >= 0.3 is 0 Å². The van der Waals surface area contributed by atoms with Crippen molar-refractivity contribution in [3.05, 3.63) is 0 Å². The number of likely N-dealkylation sites (tertiary alicyclic amines) is 2. The minimum atomic E-state index is 0. The Morgan fingerprint density at radius 1 is 1.05 bits per heavy atom. The maximum Gasteiger partial charge on any atom is 0.0108 e. The molecule has 3 nitrogen and oxygen atoms in total. The SMILES string of the molecule is CC1(CN2CCCC(N3CCCC3)CC2)CCNC1.Cl. The molecule has 0 radical (unpaired) electrons. The third-order valence-corrected chi connectivity index (χ3v) is 5.51. The van der Waals surface area contributed by atoms with Crippen LogP contribution in [-0.4, -0.2) is 61.7 Å². The first kappa shape index (κ1) is 16.5. The van der Waals surface area contributed by atoms with Crippen LogP contribution in [0.1, 0.15) is 45.4 Å². The smallest absolute Gasteiger partial charge is 0.0108 e. The lowest BCUT2D eigenvalue weighted by Crippen LogP contribution is -2.39. The second-order valence-electron chi connectivity index (χ2n) is 7.34. The summed E-state index contributed by atoms with van der Waals surface area (Å²) in [5.41, 5.74) is 0.535. The molecule has 0 spiro atoms. The second-order valence-corrected chi connectivity index (χ2v) is 7.34. The maximum atomic E-state index is 3.54. The van der Waals surface area contributed by atoms with Crippen molar-refractivity contribution in [2.75, 3.05) is 45.8 Å². The quantitative estimate of drug-likeness (QED) is 0.863. The molecule has 3 heterocycles. The minimum absolute atomic E-state index is 0. The summed E-state index contributed by atoms with van der Waals surface area (Å²) < 4.78 is 0. The van der Waals surface area contributed by atoms with E-state index >= 15 is 0 Å². The van der Waals surface area contributed by atoms with Gasteiger partial charge in [-0.05, 0) is 76.7 Å². The van der Waals surface area contributed by atoms with Crippen LogP contribution in [0.5, 0.6) is 0 Å². The van der Waals surface area contributed by atoms with Crippen molar-refractivity contribution in [2.24, 2.45) is 5.41 Å². The maximum absolute atomic E-state index is 3.54. The summed E-state index contributed by atoms with van der Waals surface area (Å²) in [6.45, 7) is 11.6. The average Bonchev–Trinajstić information content (AvgIpc) is 3.00. The third-order valence-electron chi connectivity index (χ3n) is 5.51. The van der Waals surface area contributed by atoms with E-state index in [1.807, 2.05) is 0 Å². The van der Waals surface area contributed by atoms with Crippen molar-refractivity contribution in [1.29, 1.82) is 0 Å². The molecule has 3 rings (SSSR count). The lowest BCUT2D eigenvalue weighted by atomic mass is 9.89. The topological polar surface area (TPSA) is 18.5 Å². The molecule has 0 aliphatic carbocycles. The molecule has 2 unspecified atom stereocenters. The van der Waals surface area contributed by atoms with E-state index in [1.54, 1.807) is 0 Å². The predicted octanol–water partition coefficient (Wildman–Crippen LogP) is 2.36. The first-order valence-corrected chi connectivity index (χ1v) is 8.42. The Hall–Kier alpha value is 0.170. The Morgan fingerprint density at radius 2 is 1.85 bits per heavy atom. The molecule has 0 aromatic rings. The van der Waals surface area contributed by atoms with Gasteiger partial charge in [0, 0.05) is 19.1 Å². The van der Waals surface area contributed by atoms with E-state index in [0.717, 1.165) is 6.04 Å². The zero-order valence-corrected chi connectivity index (χ0v) is 13.9. The highest BCUT2D eigenvalue weighted by Gasteiger charge is 2.32. The molecule has 118 valence electrons. The number of rotatable bonds is 3. The van der Waals surface area contributed by atoms with E-state index in [2.05, 4.69) is 22.0 Å². The number of nitrogens with one attached hydrogen (secondary N) is 1. The van der Waals surface area contributed by atoms with Gasteiger partial charge in [-0.1, -0.05) is 6.92 Å². The van der Waals surface area contributed by atoms with Crippen molar-refractivity contribution in [2.45, 2.75) is 51.5 Å². The molecular formula is C16H32ClN3. The van der Waals surface area contributed by atoms with E-state index in [4.69, 9.17) is 0 Å². The van der Waals surface area contributed by atoms with Gasteiger partial charge in [-0.15, -0.1) is 12.4 Å². The summed E-state index contributed by atoms with van der Waals surface area (Å²) in [4.78, 5) is 5.52. The van der Waals surface area contributed by atoms with Crippen LogP contribution in [0.4, 0.5) is 0 Å². The summed E-state index contributed by atoms with van der Waals surface area (Å²) in [7, 11) is 0. The molecule has 3 aliphatic heterocycles. The molecule has 2 atom stereocenters. The van der Waals surface area contributed by atoms with Crippen molar-refractivity contribution in [3.63, 3.8) is 0 Å². The molecule has 0 saturated carbocycles. The zero-order valence-electron chi connectivity index (χ0n) is 13.1. The fraction of sp³-hybridized carbons (Fsp3) is 1.00. The normalized spacial score (nSPS) is 36.8. The van der Waals surface area contributed by atoms with Crippen LogP contribution >= 0.6 is 12.4 Å². The van der Waals surface area contributed by atoms with Crippen LogP contribution in [0.3, 0.4) is 0 Å². The Kier molecular flexibility index (Phi) is 6.15. The standard InChI is InChI=1S/C16H31N3.ClH/c1-16(7-8-17-13-16)14-18-9-4-5-15(6-12-18)19-10-2-3-11-19;/h15,17H,2-14H2,1H3;1H. The molecule has 3 fully saturated rings. The fourth-order valence-electron chi connectivity index (χ4n) is 4.31. The van der Waals surface area contributed by atoms with Gasteiger partial charge < -0.3 is 15.1 Å². The van der Waals surface area contributed by atoms with Crippen LogP contribution in [0.25, 0.3) is 0 Å². The van der Waals surface area contributed by atoms with Crippen LogP contribution in [0.15, 0.2) is 0 Å². The van der Waals surface area contributed by atoms with Gasteiger partial charge in [-0.2, -0.15) is 0 Å². The van der Waals surface area contributed by atoms with Crippen LogP contribution < -0.4 is 5.32 Å². The highest BCUT2D eigenvalue weighted by molar-refractivity contribution is 5.85. The molecule has 0 aromatic carbocycles. The Balaban J connectivity index is 0.00000147. The van der Waals surface area contributed by atoms with Crippen molar-refractivity contribution >= 4 is 12.4 Å². The predicted molar refractivity (Wildman–Crippen MR) is 87.7 cm³/mol. The molecule has 3 aliphatic rings. The van der Waals surface area contributed by atoms with Crippen molar-refractivity contribution < 1.29 is 0 Å². The first-order chi connectivity index (χ1) is 9.25. The summed E-state index contributed by atoms with van der Waals surface area (Å²) in [5.74, 6) is 0. The lowest BCUT2D eigenvalue weighted by molar-refractivity contribution is 0.173. The largest absolute Gasteiger partial charge is 0.316 e. The molecular weight excluding hydrogens is 270 g/mol. The summed E-state index contributed by atoms with van der Waals surface area (Å²) in [6, 6.07) is 0.891. The van der Waals surface area contributed by atoms with E-state index in [0.29, 0.717) is 5.41 Å². The molecule has 4 heteroatoms. The lowest BCUT2D eigenvalue weighted by Gasteiger charge is -2.31. The number of halogens is 1. The van der Waals surface area contributed by atoms with Crippen LogP contribution in [0.2, 0.25) is 0 Å². The molecule has 3 saturated heterocycles. The molecule has 0 bridgehead atoms. The minimum Gasteiger partial charge on any atom is -0.316 e. The molecule has 20 heavy (non-hydrogen) atoms. The number of hydrogen-bond acceptors (Lipinski definition) is 3. The van der Waals surface area contributed by atoms with Gasteiger partial charge in [0.25, 0.3) is 0 Å². The monoisotopic (exact) mass is 301 g/mol. The Labute approximate surface area is 130 Å². The average molecular weight is 302 g/mol. The fourth-order valence-corrected chi connectivity index (χ4v) is 4.31.